The van der Waals surface area contributed by atoms with E-state index in [4.69, 9.17) is 0 Å². The minimum Gasteiger partial charge on any atom is -0.267 e. The van der Waals surface area contributed by atoms with Crippen LogP contribution in [0.5, 0.6) is 0 Å². The third kappa shape index (κ3) is 2.15. The number of rotatable bonds is 2. The standard InChI is InChI=1S/C13H13N3O2/c1-10-5-4-8-16(12(10)17)15(2)13(18)11-6-3-7-14-9-11/h3-9H,1-2H3. The molecule has 0 N–H and O–H groups in total. The number of carbonyl (C=O) groups excluding carboxylic acids is 1. The van der Waals surface area contributed by atoms with Crippen molar-refractivity contribution < 1.29 is 4.79 Å². The van der Waals surface area contributed by atoms with Gasteiger partial charge in [0.2, 0.25) is 0 Å². The predicted molar refractivity (Wildman–Crippen MR) is 68.1 cm³/mol. The van der Waals surface area contributed by atoms with Gasteiger partial charge in [-0.25, -0.2) is 9.69 Å². The van der Waals surface area contributed by atoms with Crippen LogP contribution in [0.1, 0.15) is 15.9 Å². The Morgan fingerprint density at radius 1 is 1.33 bits per heavy atom. The molecule has 18 heavy (non-hydrogen) atoms. The van der Waals surface area contributed by atoms with Gasteiger partial charge < -0.3 is 0 Å². The molecule has 2 rings (SSSR count). The average molecular weight is 243 g/mol. The number of amides is 1. The molecule has 0 aromatic carbocycles. The van der Waals surface area contributed by atoms with Gasteiger partial charge in [0.25, 0.3) is 11.5 Å². The Hall–Kier alpha value is -2.43. The maximum atomic E-state index is 12.1. The van der Waals surface area contributed by atoms with Gasteiger partial charge in [0, 0.05) is 31.2 Å². The quantitative estimate of drug-likeness (QED) is 0.789. The van der Waals surface area contributed by atoms with Crippen molar-refractivity contribution in [1.29, 1.82) is 0 Å². The minimum absolute atomic E-state index is 0.211. The lowest BCUT2D eigenvalue weighted by Gasteiger charge is -2.19. The summed E-state index contributed by atoms with van der Waals surface area (Å²) in [6.07, 6.45) is 4.62. The van der Waals surface area contributed by atoms with Crippen molar-refractivity contribution >= 4 is 5.91 Å². The van der Waals surface area contributed by atoms with E-state index >= 15 is 0 Å². The Bertz CT molecular complexity index is 620. The molecule has 5 nitrogen and oxygen atoms in total. The smallest absolute Gasteiger partial charge is 0.267 e. The average Bonchev–Trinajstić information content (AvgIpc) is 2.41. The molecular formula is C13H13N3O2. The SMILES string of the molecule is Cc1cccn(N(C)C(=O)c2cccnc2)c1=O. The van der Waals surface area contributed by atoms with Gasteiger partial charge in [0.1, 0.15) is 0 Å². The van der Waals surface area contributed by atoms with Crippen molar-refractivity contribution in [3.63, 3.8) is 0 Å². The van der Waals surface area contributed by atoms with Gasteiger partial charge in [-0.15, -0.1) is 0 Å². The Labute approximate surface area is 104 Å². The van der Waals surface area contributed by atoms with Crippen LogP contribution in [0.4, 0.5) is 0 Å². The molecule has 2 aromatic heterocycles. The van der Waals surface area contributed by atoms with Gasteiger partial charge >= 0.3 is 0 Å². The van der Waals surface area contributed by atoms with E-state index in [0.717, 1.165) is 0 Å². The molecule has 0 saturated heterocycles. The highest BCUT2D eigenvalue weighted by Crippen LogP contribution is 2.00. The Morgan fingerprint density at radius 3 is 2.78 bits per heavy atom. The van der Waals surface area contributed by atoms with Gasteiger partial charge in [-0.2, -0.15) is 0 Å². The zero-order chi connectivity index (χ0) is 13.1. The van der Waals surface area contributed by atoms with Crippen LogP contribution < -0.4 is 10.6 Å². The van der Waals surface area contributed by atoms with Crippen molar-refractivity contribution in [3.05, 3.63) is 64.3 Å². The number of carbonyl (C=O) groups is 1. The fourth-order valence-electron chi connectivity index (χ4n) is 1.60. The first-order chi connectivity index (χ1) is 8.61. The van der Waals surface area contributed by atoms with E-state index in [2.05, 4.69) is 4.98 Å². The summed E-state index contributed by atoms with van der Waals surface area (Å²) >= 11 is 0. The molecule has 0 aliphatic carbocycles. The van der Waals surface area contributed by atoms with E-state index in [1.165, 1.54) is 15.9 Å². The Morgan fingerprint density at radius 2 is 2.11 bits per heavy atom. The molecule has 2 aromatic rings. The van der Waals surface area contributed by atoms with Crippen LogP contribution in [0.25, 0.3) is 0 Å². The second-order valence-electron chi connectivity index (χ2n) is 3.91. The molecule has 0 aliphatic heterocycles. The number of aromatic nitrogens is 2. The van der Waals surface area contributed by atoms with Gasteiger partial charge in [0.15, 0.2) is 0 Å². The third-order valence-electron chi connectivity index (χ3n) is 2.64. The van der Waals surface area contributed by atoms with E-state index in [9.17, 15) is 9.59 Å². The molecule has 0 bridgehead atoms. The van der Waals surface area contributed by atoms with Crippen molar-refractivity contribution in [2.45, 2.75) is 6.92 Å². The van der Waals surface area contributed by atoms with E-state index in [0.29, 0.717) is 11.1 Å². The van der Waals surface area contributed by atoms with Crippen LogP contribution in [0, 0.1) is 6.92 Å². The zero-order valence-electron chi connectivity index (χ0n) is 10.2. The summed E-state index contributed by atoms with van der Waals surface area (Å²) in [4.78, 5) is 27.9. The first-order valence-corrected chi connectivity index (χ1v) is 5.48. The molecule has 2 heterocycles. The van der Waals surface area contributed by atoms with Crippen LogP contribution in [-0.2, 0) is 0 Å². The number of nitrogens with zero attached hydrogens (tertiary/aromatic N) is 3. The van der Waals surface area contributed by atoms with Crippen LogP contribution in [0.3, 0.4) is 0 Å². The van der Waals surface area contributed by atoms with Crippen molar-refractivity contribution in [2.24, 2.45) is 0 Å². The van der Waals surface area contributed by atoms with Crippen molar-refractivity contribution in [3.8, 4) is 0 Å². The number of pyridine rings is 2. The first kappa shape index (κ1) is 12.0. The van der Waals surface area contributed by atoms with Crippen LogP contribution >= 0.6 is 0 Å². The molecule has 0 fully saturated rings. The van der Waals surface area contributed by atoms with Crippen molar-refractivity contribution in [2.75, 3.05) is 12.1 Å². The molecule has 92 valence electrons. The summed E-state index contributed by atoms with van der Waals surface area (Å²) in [7, 11) is 1.55. The molecule has 5 heteroatoms. The van der Waals surface area contributed by atoms with E-state index in [1.54, 1.807) is 50.6 Å². The van der Waals surface area contributed by atoms with Gasteiger partial charge in [-0.3, -0.25) is 14.6 Å². The summed E-state index contributed by atoms with van der Waals surface area (Å²) in [5, 5.41) is 1.27. The fraction of sp³-hybridized carbons (Fsp3) is 0.154. The van der Waals surface area contributed by atoms with E-state index in [1.807, 2.05) is 0 Å². The number of hydrogen-bond acceptors (Lipinski definition) is 3. The monoisotopic (exact) mass is 243 g/mol. The molecule has 1 amide bonds. The van der Waals surface area contributed by atoms with Gasteiger partial charge in [0.05, 0.1) is 5.56 Å². The van der Waals surface area contributed by atoms with Gasteiger partial charge in [-0.1, -0.05) is 6.07 Å². The lowest BCUT2D eigenvalue weighted by molar-refractivity contribution is 0.0965. The van der Waals surface area contributed by atoms with Crippen molar-refractivity contribution in [1.82, 2.24) is 9.66 Å². The topological polar surface area (TPSA) is 55.2 Å². The summed E-state index contributed by atoms with van der Waals surface area (Å²) in [5.74, 6) is -0.282. The second kappa shape index (κ2) is 4.83. The maximum absolute atomic E-state index is 12.1. The maximum Gasteiger partial charge on any atom is 0.274 e. The molecule has 0 radical (unpaired) electrons. The summed E-state index contributed by atoms with van der Waals surface area (Å²) in [6, 6.07) is 6.78. The summed E-state index contributed by atoms with van der Waals surface area (Å²) in [6.45, 7) is 1.71. The number of aryl methyl sites for hydroxylation is 1. The number of hydrogen-bond donors (Lipinski definition) is 0. The molecule has 0 saturated carbocycles. The van der Waals surface area contributed by atoms with Crippen LogP contribution in [0.2, 0.25) is 0 Å². The third-order valence-corrected chi connectivity index (χ3v) is 2.64. The first-order valence-electron chi connectivity index (χ1n) is 5.48. The molecular weight excluding hydrogens is 230 g/mol. The molecule has 0 spiro atoms. The fourth-order valence-corrected chi connectivity index (χ4v) is 1.60. The van der Waals surface area contributed by atoms with Gasteiger partial charge in [-0.05, 0) is 25.1 Å². The highest BCUT2D eigenvalue weighted by Gasteiger charge is 2.14. The zero-order valence-corrected chi connectivity index (χ0v) is 10.2. The highest BCUT2D eigenvalue weighted by atomic mass is 16.2. The summed E-state index contributed by atoms with van der Waals surface area (Å²) < 4.78 is 1.28. The normalized spacial score (nSPS) is 10.1. The lowest BCUT2D eigenvalue weighted by atomic mass is 10.2. The Kier molecular flexibility index (Phi) is 3.23. The van der Waals surface area contributed by atoms with Crippen LogP contribution in [0.15, 0.2) is 47.7 Å². The van der Waals surface area contributed by atoms with Crippen LogP contribution in [-0.4, -0.2) is 22.6 Å². The molecule has 0 atom stereocenters. The molecule has 0 unspecified atom stereocenters. The highest BCUT2D eigenvalue weighted by molar-refractivity contribution is 6.00. The predicted octanol–water partition coefficient (Wildman–Crippen LogP) is 0.960. The van der Waals surface area contributed by atoms with E-state index in [-0.39, 0.29) is 11.5 Å². The molecule has 0 aliphatic rings. The summed E-state index contributed by atoms with van der Waals surface area (Å²) in [5.41, 5.74) is 0.814. The Balaban J connectivity index is 2.38. The lowest BCUT2D eigenvalue weighted by Crippen LogP contribution is -2.43. The van der Waals surface area contributed by atoms with E-state index < -0.39 is 0 Å². The second-order valence-corrected chi connectivity index (χ2v) is 3.91. The minimum atomic E-state index is -0.282. The largest absolute Gasteiger partial charge is 0.274 e.